The highest BCUT2D eigenvalue weighted by atomic mass is 32.1. The Labute approximate surface area is 88.4 Å². The van der Waals surface area contributed by atoms with Crippen molar-refractivity contribution in [3.8, 4) is 10.7 Å². The van der Waals surface area contributed by atoms with Gasteiger partial charge in [-0.05, 0) is 11.4 Å². The first-order chi connectivity index (χ1) is 7.34. The topological polar surface area (TPSA) is 82.0 Å². The second-order valence-corrected chi connectivity index (χ2v) is 3.80. The van der Waals surface area contributed by atoms with Crippen LogP contribution in [-0.2, 0) is 0 Å². The lowest BCUT2D eigenvalue weighted by atomic mass is 10.4. The molecule has 0 unspecified atom stereocenters. The molecule has 0 amide bonds. The Morgan fingerprint density at radius 2 is 2.27 bits per heavy atom. The number of thiophene rings is 1. The molecular formula is C8H6N6S. The van der Waals surface area contributed by atoms with Crippen molar-refractivity contribution in [2.24, 2.45) is 0 Å². The molecule has 0 aliphatic carbocycles. The van der Waals surface area contributed by atoms with Crippen molar-refractivity contribution in [1.82, 2.24) is 24.6 Å². The van der Waals surface area contributed by atoms with Crippen LogP contribution in [0.4, 0.5) is 5.95 Å². The molecule has 0 saturated heterocycles. The van der Waals surface area contributed by atoms with Crippen LogP contribution in [0.3, 0.4) is 0 Å². The number of nitrogen functional groups attached to an aromatic ring is 1. The summed E-state index contributed by atoms with van der Waals surface area (Å²) in [5.74, 6) is 1.37. The molecule has 0 atom stereocenters. The van der Waals surface area contributed by atoms with Gasteiger partial charge in [0.1, 0.15) is 6.33 Å². The number of nitrogens with two attached hydrogens (primary N) is 1. The van der Waals surface area contributed by atoms with Gasteiger partial charge in [0.2, 0.25) is 5.95 Å². The number of nitrogens with zero attached hydrogens (tertiary/aromatic N) is 5. The predicted octanol–water partition coefficient (Wildman–Crippen LogP) is 0.830. The molecule has 2 N–H and O–H groups in total. The van der Waals surface area contributed by atoms with Crippen molar-refractivity contribution in [3.05, 3.63) is 23.8 Å². The van der Waals surface area contributed by atoms with E-state index in [9.17, 15) is 0 Å². The summed E-state index contributed by atoms with van der Waals surface area (Å²) in [6.45, 7) is 0. The summed E-state index contributed by atoms with van der Waals surface area (Å²) in [5.41, 5.74) is 5.64. The van der Waals surface area contributed by atoms with E-state index in [0.29, 0.717) is 11.6 Å². The summed E-state index contributed by atoms with van der Waals surface area (Å²) in [6, 6.07) is 3.89. The minimum absolute atomic E-state index is 0.287. The van der Waals surface area contributed by atoms with Crippen molar-refractivity contribution in [1.29, 1.82) is 0 Å². The smallest absolute Gasteiger partial charge is 0.257 e. The molecule has 6 nitrogen and oxygen atoms in total. The van der Waals surface area contributed by atoms with Crippen LogP contribution in [0.2, 0.25) is 0 Å². The second kappa shape index (κ2) is 2.99. The Morgan fingerprint density at radius 1 is 1.33 bits per heavy atom. The Kier molecular flexibility index (Phi) is 1.65. The molecule has 3 rings (SSSR count). The average Bonchev–Trinajstić information content (AvgIpc) is 2.86. The van der Waals surface area contributed by atoms with Crippen LogP contribution in [0.1, 0.15) is 0 Å². The number of anilines is 1. The predicted molar refractivity (Wildman–Crippen MR) is 56.3 cm³/mol. The zero-order valence-electron chi connectivity index (χ0n) is 7.53. The molecule has 15 heavy (non-hydrogen) atoms. The molecule has 0 radical (unpaired) electrons. The van der Waals surface area contributed by atoms with E-state index in [1.54, 1.807) is 11.3 Å². The van der Waals surface area contributed by atoms with Crippen LogP contribution >= 0.6 is 11.3 Å². The van der Waals surface area contributed by atoms with E-state index in [1.807, 2.05) is 17.5 Å². The summed E-state index contributed by atoms with van der Waals surface area (Å²) in [5, 5.41) is 6.19. The van der Waals surface area contributed by atoms with Crippen LogP contribution < -0.4 is 5.73 Å². The van der Waals surface area contributed by atoms with Crippen molar-refractivity contribution >= 4 is 23.1 Å². The number of hydrogen-bond acceptors (Lipinski definition) is 6. The van der Waals surface area contributed by atoms with Gasteiger partial charge in [0.25, 0.3) is 5.78 Å². The van der Waals surface area contributed by atoms with Gasteiger partial charge in [0, 0.05) is 0 Å². The van der Waals surface area contributed by atoms with Crippen LogP contribution in [0.5, 0.6) is 0 Å². The normalized spacial score (nSPS) is 10.9. The maximum absolute atomic E-state index is 5.64. The van der Waals surface area contributed by atoms with Crippen LogP contribution in [0.15, 0.2) is 23.8 Å². The van der Waals surface area contributed by atoms with Gasteiger partial charge in [-0.1, -0.05) is 6.07 Å². The number of hydrogen-bond donors (Lipinski definition) is 1. The highest BCUT2D eigenvalue weighted by Gasteiger charge is 2.09. The molecule has 7 heteroatoms. The Morgan fingerprint density at radius 3 is 3.00 bits per heavy atom. The van der Waals surface area contributed by atoms with E-state index in [-0.39, 0.29) is 5.95 Å². The van der Waals surface area contributed by atoms with E-state index in [1.165, 1.54) is 10.8 Å². The first-order valence-electron chi connectivity index (χ1n) is 4.22. The van der Waals surface area contributed by atoms with Gasteiger partial charge in [-0.25, -0.2) is 4.98 Å². The van der Waals surface area contributed by atoms with Gasteiger partial charge in [0.15, 0.2) is 5.82 Å². The lowest BCUT2D eigenvalue weighted by Gasteiger charge is -1.91. The first-order valence-corrected chi connectivity index (χ1v) is 5.10. The SMILES string of the molecule is Nc1ncnc2nc(-c3cccs3)nn12. The van der Waals surface area contributed by atoms with Crippen LogP contribution in [-0.4, -0.2) is 24.6 Å². The highest BCUT2D eigenvalue weighted by Crippen LogP contribution is 2.21. The minimum atomic E-state index is 0.287. The van der Waals surface area contributed by atoms with Gasteiger partial charge >= 0.3 is 0 Å². The highest BCUT2D eigenvalue weighted by molar-refractivity contribution is 7.13. The van der Waals surface area contributed by atoms with Crippen LogP contribution in [0, 0.1) is 0 Å². The summed E-state index contributed by atoms with van der Waals surface area (Å²) < 4.78 is 1.43. The molecule has 0 aliphatic rings. The fraction of sp³-hybridized carbons (Fsp3) is 0. The molecule has 0 aliphatic heterocycles. The fourth-order valence-electron chi connectivity index (χ4n) is 1.25. The Bertz CT molecular complexity index is 599. The van der Waals surface area contributed by atoms with Crippen molar-refractivity contribution in [3.63, 3.8) is 0 Å². The quantitative estimate of drug-likeness (QED) is 0.654. The third-order valence-electron chi connectivity index (χ3n) is 1.91. The molecule has 3 aromatic heterocycles. The molecule has 0 aromatic carbocycles. The van der Waals surface area contributed by atoms with Gasteiger partial charge in [-0.3, -0.25) is 0 Å². The monoisotopic (exact) mass is 218 g/mol. The molecule has 0 saturated carbocycles. The van der Waals surface area contributed by atoms with Gasteiger partial charge in [-0.15, -0.1) is 16.4 Å². The third-order valence-corrected chi connectivity index (χ3v) is 2.78. The molecule has 74 valence electrons. The van der Waals surface area contributed by atoms with Gasteiger partial charge in [0.05, 0.1) is 4.88 Å². The summed E-state index contributed by atoms with van der Waals surface area (Å²) >= 11 is 1.57. The molecular weight excluding hydrogens is 212 g/mol. The summed E-state index contributed by atoms with van der Waals surface area (Å²) in [6.07, 6.45) is 1.37. The first kappa shape index (κ1) is 8.30. The molecule has 0 bridgehead atoms. The summed E-state index contributed by atoms with van der Waals surface area (Å²) in [4.78, 5) is 13.0. The van der Waals surface area contributed by atoms with Gasteiger partial charge in [-0.2, -0.15) is 14.5 Å². The molecule has 0 spiro atoms. The van der Waals surface area contributed by atoms with Crippen molar-refractivity contribution < 1.29 is 0 Å². The van der Waals surface area contributed by atoms with Gasteiger partial charge < -0.3 is 5.73 Å². The number of fused-ring (bicyclic) bond motifs is 1. The van der Waals surface area contributed by atoms with E-state index in [2.05, 4.69) is 20.1 Å². The lowest BCUT2D eigenvalue weighted by molar-refractivity contribution is 0.911. The largest absolute Gasteiger partial charge is 0.368 e. The molecule has 3 aromatic rings. The standard InChI is InChI=1S/C8H6N6S/c9-7-10-4-11-8-12-6(13-14(7)8)5-2-1-3-15-5/h1-4H,(H2,9,10,11,12,13). The van der Waals surface area contributed by atoms with E-state index in [4.69, 9.17) is 5.73 Å². The third kappa shape index (κ3) is 1.24. The zero-order valence-corrected chi connectivity index (χ0v) is 8.35. The van der Waals surface area contributed by atoms with E-state index < -0.39 is 0 Å². The van der Waals surface area contributed by atoms with Crippen molar-refractivity contribution in [2.45, 2.75) is 0 Å². The molecule has 0 fully saturated rings. The van der Waals surface area contributed by atoms with E-state index in [0.717, 1.165) is 4.88 Å². The van der Waals surface area contributed by atoms with Crippen LogP contribution in [0.25, 0.3) is 16.5 Å². The zero-order chi connectivity index (χ0) is 10.3. The average molecular weight is 218 g/mol. The number of aromatic nitrogens is 5. The number of rotatable bonds is 1. The molecule has 3 heterocycles. The maximum atomic E-state index is 5.64. The van der Waals surface area contributed by atoms with Crippen molar-refractivity contribution in [2.75, 3.05) is 5.73 Å². The van der Waals surface area contributed by atoms with E-state index >= 15 is 0 Å². The maximum Gasteiger partial charge on any atom is 0.257 e. The minimum Gasteiger partial charge on any atom is -0.368 e. The second-order valence-electron chi connectivity index (χ2n) is 2.86. The summed E-state index contributed by atoms with van der Waals surface area (Å²) in [7, 11) is 0. The fourth-order valence-corrected chi connectivity index (χ4v) is 1.90. The lowest BCUT2D eigenvalue weighted by Crippen LogP contribution is -2.02. The Hall–Kier alpha value is -2.02. The Balaban J connectivity index is 2.27.